The summed E-state index contributed by atoms with van der Waals surface area (Å²) >= 11 is 0. The van der Waals surface area contributed by atoms with Crippen molar-refractivity contribution >= 4 is 5.78 Å². The zero-order valence-corrected chi connectivity index (χ0v) is 11.2. The first-order chi connectivity index (χ1) is 9.54. The van der Waals surface area contributed by atoms with E-state index in [9.17, 15) is 13.6 Å². The summed E-state index contributed by atoms with van der Waals surface area (Å²) < 4.78 is 32.7. The van der Waals surface area contributed by atoms with Gasteiger partial charge in [0.2, 0.25) is 0 Å². The van der Waals surface area contributed by atoms with E-state index in [1.807, 2.05) is 0 Å². The minimum Gasteiger partial charge on any atom is -0.496 e. The maximum Gasteiger partial charge on any atom is 0.173 e. The summed E-state index contributed by atoms with van der Waals surface area (Å²) in [5, 5.41) is 0. The van der Waals surface area contributed by atoms with E-state index in [-0.39, 0.29) is 12.0 Å². The van der Waals surface area contributed by atoms with Crippen LogP contribution in [0, 0.1) is 18.6 Å². The normalized spacial score (nSPS) is 10.4. The SMILES string of the molecule is COc1ccccc1CC(=O)c1c(F)ccc(C)c1F. The van der Waals surface area contributed by atoms with Crippen LogP contribution in [0.15, 0.2) is 36.4 Å². The first-order valence-corrected chi connectivity index (χ1v) is 6.14. The highest BCUT2D eigenvalue weighted by molar-refractivity contribution is 5.98. The van der Waals surface area contributed by atoms with E-state index in [0.717, 1.165) is 6.07 Å². The molecule has 0 atom stereocenters. The van der Waals surface area contributed by atoms with Gasteiger partial charge in [0.15, 0.2) is 5.78 Å². The number of ketones is 1. The molecule has 2 rings (SSSR count). The number of methoxy groups -OCH3 is 1. The smallest absolute Gasteiger partial charge is 0.173 e. The summed E-state index contributed by atoms with van der Waals surface area (Å²) in [6, 6.07) is 9.32. The van der Waals surface area contributed by atoms with Crippen molar-refractivity contribution in [3.63, 3.8) is 0 Å². The summed E-state index contributed by atoms with van der Waals surface area (Å²) in [4.78, 5) is 12.1. The lowest BCUT2D eigenvalue weighted by Crippen LogP contribution is -2.11. The van der Waals surface area contributed by atoms with E-state index >= 15 is 0 Å². The van der Waals surface area contributed by atoms with Crippen molar-refractivity contribution < 1.29 is 18.3 Å². The van der Waals surface area contributed by atoms with Crippen LogP contribution >= 0.6 is 0 Å². The molecule has 0 heterocycles. The number of hydrogen-bond acceptors (Lipinski definition) is 2. The number of carbonyl (C=O) groups excluding carboxylic acids is 1. The Hall–Kier alpha value is -2.23. The molecule has 0 fully saturated rings. The van der Waals surface area contributed by atoms with Gasteiger partial charge in [-0.15, -0.1) is 0 Å². The third-order valence-corrected chi connectivity index (χ3v) is 3.11. The van der Waals surface area contributed by atoms with Crippen LogP contribution in [0.2, 0.25) is 0 Å². The molecule has 2 aromatic rings. The van der Waals surface area contributed by atoms with Crippen LogP contribution < -0.4 is 4.74 Å². The lowest BCUT2D eigenvalue weighted by Gasteiger charge is -2.09. The van der Waals surface area contributed by atoms with Gasteiger partial charge in [-0.05, 0) is 24.6 Å². The number of carbonyl (C=O) groups is 1. The molecule has 2 nitrogen and oxygen atoms in total. The van der Waals surface area contributed by atoms with Gasteiger partial charge in [-0.3, -0.25) is 4.79 Å². The van der Waals surface area contributed by atoms with Crippen molar-refractivity contribution in [2.24, 2.45) is 0 Å². The van der Waals surface area contributed by atoms with Gasteiger partial charge >= 0.3 is 0 Å². The number of para-hydroxylation sites is 1. The summed E-state index contributed by atoms with van der Waals surface area (Å²) in [6.45, 7) is 1.49. The van der Waals surface area contributed by atoms with E-state index in [2.05, 4.69) is 0 Å². The molecule has 0 aliphatic heterocycles. The zero-order chi connectivity index (χ0) is 14.7. The summed E-state index contributed by atoms with van der Waals surface area (Å²) in [5.74, 6) is -1.72. The number of benzene rings is 2. The van der Waals surface area contributed by atoms with E-state index in [1.165, 1.54) is 20.1 Å². The van der Waals surface area contributed by atoms with Gasteiger partial charge in [0.25, 0.3) is 0 Å². The number of aryl methyl sites for hydroxylation is 1. The fourth-order valence-corrected chi connectivity index (χ4v) is 2.02. The summed E-state index contributed by atoms with van der Waals surface area (Å²) in [5.41, 5.74) is 0.353. The van der Waals surface area contributed by atoms with Crippen molar-refractivity contribution in [3.8, 4) is 5.75 Å². The van der Waals surface area contributed by atoms with E-state index < -0.39 is 23.0 Å². The summed E-state index contributed by atoms with van der Waals surface area (Å²) in [7, 11) is 1.48. The molecular formula is C16H14F2O2. The maximum absolute atomic E-state index is 13.9. The Morgan fingerprint density at radius 1 is 1.15 bits per heavy atom. The van der Waals surface area contributed by atoms with Gasteiger partial charge in [-0.25, -0.2) is 8.78 Å². The Morgan fingerprint density at radius 3 is 2.55 bits per heavy atom. The van der Waals surface area contributed by atoms with Gasteiger partial charge in [-0.1, -0.05) is 24.3 Å². The van der Waals surface area contributed by atoms with Crippen molar-refractivity contribution in [2.45, 2.75) is 13.3 Å². The maximum atomic E-state index is 13.9. The van der Waals surface area contributed by atoms with Crippen LogP contribution in [0.3, 0.4) is 0 Å². The van der Waals surface area contributed by atoms with Crippen molar-refractivity contribution in [1.29, 1.82) is 0 Å². The fourth-order valence-electron chi connectivity index (χ4n) is 2.02. The van der Waals surface area contributed by atoms with E-state index in [4.69, 9.17) is 4.74 Å². The predicted octanol–water partition coefficient (Wildman–Crippen LogP) is 3.71. The molecule has 0 N–H and O–H groups in total. The van der Waals surface area contributed by atoms with Gasteiger partial charge < -0.3 is 4.74 Å². The van der Waals surface area contributed by atoms with Crippen LogP contribution in [-0.2, 0) is 6.42 Å². The van der Waals surface area contributed by atoms with Gasteiger partial charge in [0.1, 0.15) is 17.4 Å². The molecule has 0 unspecified atom stereocenters. The third-order valence-electron chi connectivity index (χ3n) is 3.11. The highest BCUT2D eigenvalue weighted by Crippen LogP contribution is 2.22. The molecule has 0 amide bonds. The molecule has 0 saturated heterocycles. The Morgan fingerprint density at radius 2 is 1.85 bits per heavy atom. The molecular weight excluding hydrogens is 262 g/mol. The second-order valence-electron chi connectivity index (χ2n) is 4.47. The van der Waals surface area contributed by atoms with E-state index in [1.54, 1.807) is 24.3 Å². The lowest BCUT2D eigenvalue weighted by atomic mass is 9.99. The number of Topliss-reactive ketones (excluding diaryl/α,β-unsaturated/α-hetero) is 1. The Labute approximate surface area is 116 Å². The first-order valence-electron chi connectivity index (χ1n) is 6.14. The fraction of sp³-hybridized carbons (Fsp3) is 0.188. The quantitative estimate of drug-likeness (QED) is 0.796. The van der Waals surface area contributed by atoms with Crippen molar-refractivity contribution in [2.75, 3.05) is 7.11 Å². The highest BCUT2D eigenvalue weighted by atomic mass is 19.1. The van der Waals surface area contributed by atoms with Crippen LogP contribution in [0.25, 0.3) is 0 Å². The Balaban J connectivity index is 2.36. The first kappa shape index (κ1) is 14.2. The molecule has 0 aromatic heterocycles. The van der Waals surface area contributed by atoms with Gasteiger partial charge in [0.05, 0.1) is 12.7 Å². The van der Waals surface area contributed by atoms with Crippen LogP contribution in [-0.4, -0.2) is 12.9 Å². The molecule has 0 radical (unpaired) electrons. The molecule has 0 aliphatic rings. The topological polar surface area (TPSA) is 26.3 Å². The van der Waals surface area contributed by atoms with Crippen LogP contribution in [0.5, 0.6) is 5.75 Å². The Bertz CT molecular complexity index is 651. The number of halogens is 2. The zero-order valence-electron chi connectivity index (χ0n) is 11.2. The van der Waals surface area contributed by atoms with Gasteiger partial charge in [-0.2, -0.15) is 0 Å². The van der Waals surface area contributed by atoms with Crippen LogP contribution in [0.4, 0.5) is 8.78 Å². The second-order valence-corrected chi connectivity index (χ2v) is 4.47. The number of hydrogen-bond donors (Lipinski definition) is 0. The molecule has 0 aliphatic carbocycles. The number of rotatable bonds is 4. The average molecular weight is 276 g/mol. The third kappa shape index (κ3) is 2.69. The molecule has 104 valence electrons. The van der Waals surface area contributed by atoms with Crippen LogP contribution in [0.1, 0.15) is 21.5 Å². The van der Waals surface area contributed by atoms with Gasteiger partial charge in [0, 0.05) is 12.0 Å². The monoisotopic (exact) mass is 276 g/mol. The van der Waals surface area contributed by atoms with Crippen molar-refractivity contribution in [3.05, 3.63) is 64.7 Å². The number of ether oxygens (including phenoxy) is 1. The molecule has 0 saturated carbocycles. The largest absolute Gasteiger partial charge is 0.496 e. The highest BCUT2D eigenvalue weighted by Gasteiger charge is 2.20. The average Bonchev–Trinajstić information content (AvgIpc) is 2.44. The molecule has 4 heteroatoms. The predicted molar refractivity (Wildman–Crippen MR) is 72.1 cm³/mol. The molecule has 20 heavy (non-hydrogen) atoms. The minimum atomic E-state index is -0.840. The summed E-state index contributed by atoms with van der Waals surface area (Å²) in [6.07, 6.45) is -0.110. The standard InChI is InChI=1S/C16H14F2O2/c1-10-7-8-12(17)15(16(10)18)13(19)9-11-5-3-4-6-14(11)20-2/h3-8H,9H2,1-2H3. The van der Waals surface area contributed by atoms with Crippen molar-refractivity contribution in [1.82, 2.24) is 0 Å². The molecule has 0 bridgehead atoms. The van der Waals surface area contributed by atoms with E-state index in [0.29, 0.717) is 11.3 Å². The second kappa shape index (κ2) is 5.82. The Kier molecular flexibility index (Phi) is 4.13. The molecule has 2 aromatic carbocycles. The molecule has 0 spiro atoms. The minimum absolute atomic E-state index is 0.110. The lowest BCUT2D eigenvalue weighted by molar-refractivity contribution is 0.0984.